The van der Waals surface area contributed by atoms with E-state index in [1.807, 2.05) is 12.1 Å². The number of rotatable bonds is 3. The van der Waals surface area contributed by atoms with Gasteiger partial charge in [0.2, 0.25) is 0 Å². The van der Waals surface area contributed by atoms with E-state index < -0.39 is 5.97 Å². The number of esters is 1. The number of nitrogens with zero attached hydrogens (tertiary/aromatic N) is 3. The Morgan fingerprint density at radius 1 is 1.10 bits per heavy atom. The van der Waals surface area contributed by atoms with Crippen molar-refractivity contribution >= 4 is 79.4 Å². The number of benzene rings is 2. The molecule has 2 rings (SSSR count). The molecule has 0 N–H and O–H groups in total. The average Bonchev–Trinajstić information content (AvgIpc) is 2.43. The van der Waals surface area contributed by atoms with E-state index in [0.717, 1.165) is 10.7 Å². The van der Waals surface area contributed by atoms with Gasteiger partial charge < -0.3 is 4.74 Å². The summed E-state index contributed by atoms with van der Waals surface area (Å²) < 4.78 is 8.29. The van der Waals surface area contributed by atoms with Crippen molar-refractivity contribution in [3.05, 3.63) is 63.1 Å². The fourth-order valence-corrected chi connectivity index (χ4v) is 5.30. The standard InChI is InChI=1S/C13H6I3N3O2/c14-8-5-10(15)12(11(16)6-8)21-13(20)7-1-3-9(4-2-7)18-19-17/h1-6H. The van der Waals surface area contributed by atoms with Crippen LogP contribution >= 0.6 is 67.8 Å². The van der Waals surface area contributed by atoms with Crippen molar-refractivity contribution in [3.8, 4) is 5.75 Å². The summed E-state index contributed by atoms with van der Waals surface area (Å²) in [5.41, 5.74) is 9.19. The molecule has 106 valence electrons. The van der Waals surface area contributed by atoms with Gasteiger partial charge in [0.05, 0.1) is 12.7 Å². The van der Waals surface area contributed by atoms with Crippen molar-refractivity contribution in [1.82, 2.24) is 0 Å². The number of halogens is 3. The summed E-state index contributed by atoms with van der Waals surface area (Å²) in [7, 11) is 0. The number of hydrogen-bond acceptors (Lipinski definition) is 3. The molecule has 0 radical (unpaired) electrons. The smallest absolute Gasteiger partial charge is 0.343 e. The van der Waals surface area contributed by atoms with Crippen LogP contribution in [0.4, 0.5) is 5.69 Å². The number of carbonyl (C=O) groups excluding carboxylic acids is 1. The fraction of sp³-hybridized carbons (Fsp3) is 0. The second-order valence-electron chi connectivity index (χ2n) is 3.82. The van der Waals surface area contributed by atoms with E-state index in [2.05, 4.69) is 77.8 Å². The Hall–Kier alpha value is -0.590. The van der Waals surface area contributed by atoms with Crippen LogP contribution in [0.1, 0.15) is 10.4 Å². The van der Waals surface area contributed by atoms with Crippen molar-refractivity contribution in [2.45, 2.75) is 0 Å². The molecule has 0 atom stereocenters. The van der Waals surface area contributed by atoms with Crippen LogP contribution in [0, 0.1) is 10.7 Å². The molecule has 0 aliphatic rings. The Morgan fingerprint density at radius 3 is 2.19 bits per heavy atom. The summed E-state index contributed by atoms with van der Waals surface area (Å²) in [4.78, 5) is 14.8. The van der Waals surface area contributed by atoms with Crippen LogP contribution in [0.3, 0.4) is 0 Å². The van der Waals surface area contributed by atoms with Crippen LogP contribution < -0.4 is 4.74 Å². The van der Waals surface area contributed by atoms with E-state index in [4.69, 9.17) is 10.3 Å². The van der Waals surface area contributed by atoms with Crippen molar-refractivity contribution in [1.29, 1.82) is 0 Å². The van der Waals surface area contributed by atoms with Crippen LogP contribution in [-0.2, 0) is 0 Å². The first kappa shape index (κ1) is 16.8. The normalized spacial score (nSPS) is 9.86. The third-order valence-corrected chi connectivity index (χ3v) is 4.65. The van der Waals surface area contributed by atoms with E-state index in [1.165, 1.54) is 0 Å². The molecule has 5 nitrogen and oxygen atoms in total. The second-order valence-corrected chi connectivity index (χ2v) is 7.39. The Kier molecular flexibility index (Phi) is 6.08. The Labute approximate surface area is 161 Å². The van der Waals surface area contributed by atoms with E-state index in [0.29, 0.717) is 17.0 Å². The van der Waals surface area contributed by atoms with E-state index in [-0.39, 0.29) is 0 Å². The Morgan fingerprint density at radius 2 is 1.67 bits per heavy atom. The molecule has 0 amide bonds. The van der Waals surface area contributed by atoms with Gasteiger partial charge in [0, 0.05) is 14.2 Å². The molecule has 0 aliphatic heterocycles. The SMILES string of the molecule is [N-]=[N+]=Nc1ccc(C(=O)Oc2c(I)cc(I)cc2I)cc1. The molecular formula is C13H6I3N3O2. The zero-order valence-corrected chi connectivity index (χ0v) is 16.7. The highest BCUT2D eigenvalue weighted by molar-refractivity contribution is 14.1. The minimum absolute atomic E-state index is 0.400. The Balaban J connectivity index is 2.24. The van der Waals surface area contributed by atoms with Crippen LogP contribution in [0.5, 0.6) is 5.75 Å². The third kappa shape index (κ3) is 4.44. The van der Waals surface area contributed by atoms with Crippen molar-refractivity contribution < 1.29 is 9.53 Å². The van der Waals surface area contributed by atoms with Gasteiger partial charge in [-0.3, -0.25) is 0 Å². The lowest BCUT2D eigenvalue weighted by Crippen LogP contribution is -2.10. The lowest BCUT2D eigenvalue weighted by Gasteiger charge is -2.09. The zero-order valence-electron chi connectivity index (χ0n) is 10.3. The maximum absolute atomic E-state index is 12.1. The van der Waals surface area contributed by atoms with Gasteiger partial charge in [-0.2, -0.15) is 0 Å². The molecule has 8 heteroatoms. The summed E-state index contributed by atoms with van der Waals surface area (Å²) in [5.74, 6) is 0.111. The lowest BCUT2D eigenvalue weighted by atomic mass is 10.2. The highest BCUT2D eigenvalue weighted by atomic mass is 127. The molecule has 0 unspecified atom stereocenters. The molecule has 0 saturated carbocycles. The first-order valence-corrected chi connectivity index (χ1v) is 8.77. The van der Waals surface area contributed by atoms with Gasteiger partial charge in [-0.05, 0) is 97.6 Å². The second kappa shape index (κ2) is 7.61. The number of carbonyl (C=O) groups is 1. The molecule has 0 fully saturated rings. The number of azide groups is 1. The summed E-state index contributed by atoms with van der Waals surface area (Å²) >= 11 is 6.49. The van der Waals surface area contributed by atoms with Crippen LogP contribution in [0.2, 0.25) is 0 Å². The van der Waals surface area contributed by atoms with Crippen LogP contribution in [0.25, 0.3) is 10.4 Å². The van der Waals surface area contributed by atoms with Gasteiger partial charge in [0.1, 0.15) is 0 Å². The van der Waals surface area contributed by atoms with Gasteiger partial charge in [-0.15, -0.1) is 0 Å². The van der Waals surface area contributed by atoms with Gasteiger partial charge in [0.15, 0.2) is 5.75 Å². The van der Waals surface area contributed by atoms with Gasteiger partial charge in [-0.25, -0.2) is 4.79 Å². The summed E-state index contributed by atoms with van der Waals surface area (Å²) in [6.45, 7) is 0. The van der Waals surface area contributed by atoms with Crippen molar-refractivity contribution in [2.75, 3.05) is 0 Å². The molecule has 0 heterocycles. The van der Waals surface area contributed by atoms with Gasteiger partial charge >= 0.3 is 5.97 Å². The highest BCUT2D eigenvalue weighted by Gasteiger charge is 2.14. The molecule has 21 heavy (non-hydrogen) atoms. The predicted octanol–water partition coefficient (Wildman–Crippen LogP) is 5.66. The lowest BCUT2D eigenvalue weighted by molar-refractivity contribution is 0.0732. The summed E-state index contributed by atoms with van der Waals surface area (Å²) in [6.07, 6.45) is 0. The minimum Gasteiger partial charge on any atom is -0.421 e. The maximum Gasteiger partial charge on any atom is 0.343 e. The van der Waals surface area contributed by atoms with Crippen LogP contribution in [0.15, 0.2) is 41.5 Å². The van der Waals surface area contributed by atoms with Crippen molar-refractivity contribution in [3.63, 3.8) is 0 Å². The first-order valence-electron chi connectivity index (χ1n) is 5.53. The molecule has 0 spiro atoms. The average molecular weight is 617 g/mol. The highest BCUT2D eigenvalue weighted by Crippen LogP contribution is 2.30. The first-order chi connectivity index (χ1) is 10.0. The monoisotopic (exact) mass is 617 g/mol. The molecule has 2 aromatic rings. The van der Waals surface area contributed by atoms with Crippen LogP contribution in [-0.4, -0.2) is 5.97 Å². The minimum atomic E-state index is -0.445. The molecule has 0 aromatic heterocycles. The quantitative estimate of drug-likeness (QED) is 0.111. The zero-order chi connectivity index (χ0) is 15.4. The largest absolute Gasteiger partial charge is 0.421 e. The summed E-state index contributed by atoms with van der Waals surface area (Å²) in [5, 5.41) is 3.45. The predicted molar refractivity (Wildman–Crippen MR) is 105 cm³/mol. The van der Waals surface area contributed by atoms with E-state index in [1.54, 1.807) is 24.3 Å². The topological polar surface area (TPSA) is 75.1 Å². The summed E-state index contributed by atoms with van der Waals surface area (Å²) in [6, 6.07) is 10.2. The fourth-order valence-electron chi connectivity index (χ4n) is 1.49. The molecule has 0 saturated heterocycles. The molecule has 2 aromatic carbocycles. The third-order valence-electron chi connectivity index (χ3n) is 2.42. The Bertz CT molecular complexity index is 718. The molecular weight excluding hydrogens is 611 g/mol. The molecule has 0 bridgehead atoms. The maximum atomic E-state index is 12.1. The van der Waals surface area contributed by atoms with Gasteiger partial charge in [0.25, 0.3) is 0 Å². The number of hydrogen-bond donors (Lipinski definition) is 0. The number of ether oxygens (including phenoxy) is 1. The molecule has 0 aliphatic carbocycles. The van der Waals surface area contributed by atoms with E-state index >= 15 is 0 Å². The van der Waals surface area contributed by atoms with Crippen molar-refractivity contribution in [2.24, 2.45) is 5.11 Å². The van der Waals surface area contributed by atoms with Gasteiger partial charge in [-0.1, -0.05) is 17.2 Å². The van der Waals surface area contributed by atoms with E-state index in [9.17, 15) is 4.79 Å².